The van der Waals surface area contributed by atoms with Gasteiger partial charge in [0, 0.05) is 19.5 Å². The molecule has 0 aliphatic carbocycles. The van der Waals surface area contributed by atoms with E-state index in [2.05, 4.69) is 30.0 Å². The zero-order valence-corrected chi connectivity index (χ0v) is 15.0. The quantitative estimate of drug-likeness (QED) is 0.670. The van der Waals surface area contributed by atoms with Crippen molar-refractivity contribution in [3.8, 4) is 0 Å². The van der Waals surface area contributed by atoms with Crippen molar-refractivity contribution >= 4 is 5.97 Å². The average molecular weight is 345 g/mol. The second-order valence-electron chi connectivity index (χ2n) is 6.32. The molecule has 0 saturated heterocycles. The topological polar surface area (TPSA) is 62.9 Å². The molecule has 1 aromatic carbocycles. The number of aryl methyl sites for hydroxylation is 1. The first-order chi connectivity index (χ1) is 12.1. The molecule has 0 fully saturated rings. The van der Waals surface area contributed by atoms with Crippen LogP contribution >= 0.6 is 0 Å². The lowest BCUT2D eigenvalue weighted by molar-refractivity contribution is -0.147. The highest BCUT2D eigenvalue weighted by molar-refractivity contribution is 5.69. The summed E-state index contributed by atoms with van der Waals surface area (Å²) in [7, 11) is 0. The molecule has 2 aromatic rings. The number of esters is 1. The number of hydrogen-bond donors (Lipinski definition) is 1. The van der Waals surface area contributed by atoms with Gasteiger partial charge in [-0.1, -0.05) is 36.8 Å². The van der Waals surface area contributed by atoms with Crippen molar-refractivity contribution in [1.82, 2.24) is 4.90 Å². The predicted octanol–water partition coefficient (Wildman–Crippen LogP) is 3.29. The monoisotopic (exact) mass is 345 g/mol. The Hall–Kier alpha value is -2.11. The molecule has 25 heavy (non-hydrogen) atoms. The number of ether oxygens (including phenoxy) is 1. The molecule has 0 aliphatic heterocycles. The standard InChI is InChI=1S/C20H27NO4/c1-3-6-20(23)25-15-18(22)13-21(14-19-9-5-10-24-19)12-17-8-4-7-16(2)11-17/h4-5,7-11,18,22H,3,6,12-15H2,1-2H3/t18-/m1/s1. The van der Waals surface area contributed by atoms with E-state index in [1.54, 1.807) is 6.26 Å². The summed E-state index contributed by atoms with van der Waals surface area (Å²) in [6.07, 6.45) is 2.03. The van der Waals surface area contributed by atoms with Crippen LogP contribution in [0.4, 0.5) is 0 Å². The molecule has 1 heterocycles. The van der Waals surface area contributed by atoms with Crippen molar-refractivity contribution in [2.24, 2.45) is 0 Å². The summed E-state index contributed by atoms with van der Waals surface area (Å²) in [5, 5.41) is 10.2. The molecule has 0 saturated carbocycles. The molecular weight excluding hydrogens is 318 g/mol. The van der Waals surface area contributed by atoms with Crippen LogP contribution in [0.15, 0.2) is 47.1 Å². The third-order valence-corrected chi connectivity index (χ3v) is 3.81. The molecule has 1 atom stereocenters. The van der Waals surface area contributed by atoms with Gasteiger partial charge < -0.3 is 14.3 Å². The Morgan fingerprint density at radius 2 is 2.12 bits per heavy atom. The molecule has 0 unspecified atom stereocenters. The molecule has 1 N–H and O–H groups in total. The first-order valence-electron chi connectivity index (χ1n) is 8.70. The Labute approximate surface area is 149 Å². The van der Waals surface area contributed by atoms with E-state index in [0.29, 0.717) is 26.1 Å². The minimum Gasteiger partial charge on any atom is -0.468 e. The molecule has 5 heteroatoms. The maximum Gasteiger partial charge on any atom is 0.305 e. The van der Waals surface area contributed by atoms with Gasteiger partial charge in [-0.2, -0.15) is 0 Å². The molecule has 0 aliphatic rings. The summed E-state index contributed by atoms with van der Waals surface area (Å²) in [6, 6.07) is 12.0. The zero-order valence-electron chi connectivity index (χ0n) is 15.0. The van der Waals surface area contributed by atoms with Crippen molar-refractivity contribution in [2.45, 2.75) is 45.9 Å². The Morgan fingerprint density at radius 1 is 1.28 bits per heavy atom. The third kappa shape index (κ3) is 7.11. The molecular formula is C20H27NO4. The highest BCUT2D eigenvalue weighted by atomic mass is 16.5. The molecule has 0 bridgehead atoms. The maximum absolute atomic E-state index is 11.5. The summed E-state index contributed by atoms with van der Waals surface area (Å²) in [4.78, 5) is 13.5. The number of rotatable bonds is 10. The number of carbonyl (C=O) groups is 1. The molecule has 2 rings (SSSR count). The fraction of sp³-hybridized carbons (Fsp3) is 0.450. The highest BCUT2D eigenvalue weighted by Gasteiger charge is 2.16. The number of furan rings is 1. The molecule has 5 nitrogen and oxygen atoms in total. The van der Waals surface area contributed by atoms with Gasteiger partial charge in [0.25, 0.3) is 0 Å². The van der Waals surface area contributed by atoms with Gasteiger partial charge in [0.2, 0.25) is 0 Å². The summed E-state index contributed by atoms with van der Waals surface area (Å²) >= 11 is 0. The van der Waals surface area contributed by atoms with Crippen molar-refractivity contribution in [3.05, 3.63) is 59.5 Å². The van der Waals surface area contributed by atoms with Gasteiger partial charge >= 0.3 is 5.97 Å². The van der Waals surface area contributed by atoms with Crippen molar-refractivity contribution in [1.29, 1.82) is 0 Å². The summed E-state index contributed by atoms with van der Waals surface area (Å²) < 4.78 is 10.5. The summed E-state index contributed by atoms with van der Waals surface area (Å²) in [5.41, 5.74) is 2.37. The van der Waals surface area contributed by atoms with E-state index < -0.39 is 6.10 Å². The van der Waals surface area contributed by atoms with Gasteiger partial charge in [-0.15, -0.1) is 0 Å². The van der Waals surface area contributed by atoms with Crippen molar-refractivity contribution in [2.75, 3.05) is 13.2 Å². The van der Waals surface area contributed by atoms with Crippen LogP contribution in [-0.4, -0.2) is 35.2 Å². The van der Waals surface area contributed by atoms with Crippen LogP contribution in [0, 0.1) is 6.92 Å². The lowest BCUT2D eigenvalue weighted by Gasteiger charge is -2.24. The largest absolute Gasteiger partial charge is 0.468 e. The van der Waals surface area contributed by atoms with Crippen molar-refractivity contribution < 1.29 is 19.1 Å². The first kappa shape index (κ1) is 19.2. The number of benzene rings is 1. The third-order valence-electron chi connectivity index (χ3n) is 3.81. The van der Waals surface area contributed by atoms with Gasteiger partial charge in [0.05, 0.1) is 12.8 Å². The minimum atomic E-state index is -0.736. The first-order valence-corrected chi connectivity index (χ1v) is 8.70. The Balaban J connectivity index is 1.95. The Bertz CT molecular complexity index is 639. The number of aliphatic hydroxyl groups is 1. The average Bonchev–Trinajstić information content (AvgIpc) is 3.06. The normalized spacial score (nSPS) is 12.3. The fourth-order valence-corrected chi connectivity index (χ4v) is 2.69. The van der Waals surface area contributed by atoms with Crippen molar-refractivity contribution in [3.63, 3.8) is 0 Å². The lowest BCUT2D eigenvalue weighted by atomic mass is 10.1. The minimum absolute atomic E-state index is 0.0152. The summed E-state index contributed by atoms with van der Waals surface area (Å²) in [6.45, 7) is 5.66. The Kier molecular flexibility index (Phi) is 7.70. The smallest absolute Gasteiger partial charge is 0.305 e. The van der Waals surface area contributed by atoms with E-state index in [9.17, 15) is 9.90 Å². The van der Waals surface area contributed by atoms with Crippen LogP contribution in [0.25, 0.3) is 0 Å². The molecule has 0 spiro atoms. The summed E-state index contributed by atoms with van der Waals surface area (Å²) in [5.74, 6) is 0.570. The van der Waals surface area contributed by atoms with E-state index in [0.717, 1.165) is 12.2 Å². The van der Waals surface area contributed by atoms with Crippen LogP contribution in [0.2, 0.25) is 0 Å². The zero-order chi connectivity index (χ0) is 18.1. The van der Waals surface area contributed by atoms with Crippen LogP contribution in [0.3, 0.4) is 0 Å². The van der Waals surface area contributed by atoms with Gasteiger partial charge in [0.15, 0.2) is 0 Å². The number of nitrogens with zero attached hydrogens (tertiary/aromatic N) is 1. The lowest BCUT2D eigenvalue weighted by Crippen LogP contribution is -2.34. The second-order valence-corrected chi connectivity index (χ2v) is 6.32. The van der Waals surface area contributed by atoms with Crippen LogP contribution in [0.5, 0.6) is 0 Å². The fourth-order valence-electron chi connectivity index (χ4n) is 2.69. The molecule has 1 aromatic heterocycles. The van der Waals surface area contributed by atoms with E-state index in [1.165, 1.54) is 11.1 Å². The van der Waals surface area contributed by atoms with Crippen LogP contribution in [0.1, 0.15) is 36.7 Å². The molecule has 0 amide bonds. The van der Waals surface area contributed by atoms with E-state index in [4.69, 9.17) is 9.15 Å². The van der Waals surface area contributed by atoms with E-state index in [-0.39, 0.29) is 12.6 Å². The number of hydrogen-bond acceptors (Lipinski definition) is 5. The van der Waals surface area contributed by atoms with E-state index >= 15 is 0 Å². The second kappa shape index (κ2) is 10.0. The van der Waals surface area contributed by atoms with Gasteiger partial charge in [0.1, 0.15) is 18.5 Å². The van der Waals surface area contributed by atoms with Gasteiger partial charge in [-0.3, -0.25) is 9.69 Å². The number of carbonyl (C=O) groups excluding carboxylic acids is 1. The van der Waals surface area contributed by atoms with Crippen LogP contribution < -0.4 is 0 Å². The highest BCUT2D eigenvalue weighted by Crippen LogP contribution is 2.13. The Morgan fingerprint density at radius 3 is 2.80 bits per heavy atom. The maximum atomic E-state index is 11.5. The van der Waals surface area contributed by atoms with Gasteiger partial charge in [-0.25, -0.2) is 0 Å². The molecule has 0 radical (unpaired) electrons. The van der Waals surface area contributed by atoms with Crippen LogP contribution in [-0.2, 0) is 22.6 Å². The number of aliphatic hydroxyl groups excluding tert-OH is 1. The SMILES string of the molecule is CCCC(=O)OC[C@H](O)CN(Cc1cccc(C)c1)Cc1ccco1. The predicted molar refractivity (Wildman–Crippen MR) is 95.9 cm³/mol. The van der Waals surface area contributed by atoms with E-state index in [1.807, 2.05) is 25.1 Å². The molecule has 136 valence electrons. The van der Waals surface area contributed by atoms with Gasteiger partial charge in [-0.05, 0) is 31.0 Å².